The molecule has 11 heteroatoms. The highest BCUT2D eigenvalue weighted by molar-refractivity contribution is 6.00. The number of hydrogen-bond acceptors (Lipinski definition) is 6. The van der Waals surface area contributed by atoms with Crippen molar-refractivity contribution in [3.63, 3.8) is 0 Å². The minimum Gasteiger partial charge on any atom is -0.469 e. The molecular weight excluding hydrogens is 563 g/mol. The first kappa shape index (κ1) is 30.1. The first-order valence-electron chi connectivity index (χ1n) is 14.1. The summed E-state index contributed by atoms with van der Waals surface area (Å²) in [4.78, 5) is 38.0. The molecule has 1 aliphatic heterocycles. The summed E-state index contributed by atoms with van der Waals surface area (Å²) < 4.78 is 50.1. The lowest BCUT2D eigenvalue weighted by Gasteiger charge is -2.25. The van der Waals surface area contributed by atoms with E-state index in [1.807, 2.05) is 24.3 Å². The lowest BCUT2D eigenvalue weighted by Crippen LogP contribution is -2.36. The molecule has 0 spiro atoms. The highest BCUT2D eigenvalue weighted by Gasteiger charge is 2.33. The number of hydrogen-bond donors (Lipinski definition) is 1. The molecule has 0 saturated carbocycles. The van der Waals surface area contributed by atoms with Crippen LogP contribution in [0.5, 0.6) is 0 Å². The number of carbonyl (C=O) groups excluding carboxylic acids is 3. The third kappa shape index (κ3) is 7.33. The fraction of sp³-hybridized carbons (Fsp3) is 0.375. The zero-order chi connectivity index (χ0) is 30.6. The maximum atomic E-state index is 13.5. The third-order valence-corrected chi connectivity index (χ3v) is 7.80. The summed E-state index contributed by atoms with van der Waals surface area (Å²) in [6, 6.07) is 11.9. The van der Waals surface area contributed by atoms with Gasteiger partial charge in [-0.1, -0.05) is 54.6 Å². The van der Waals surface area contributed by atoms with Gasteiger partial charge in [-0.2, -0.15) is 13.2 Å². The normalized spacial score (nSPS) is 18.7. The minimum atomic E-state index is -4.43. The molecule has 1 heterocycles. The topological polar surface area (TPSA) is 97.3 Å². The molecule has 2 aromatic carbocycles. The van der Waals surface area contributed by atoms with Crippen molar-refractivity contribution in [1.29, 1.82) is 0 Å². The molecule has 2 unspecified atom stereocenters. The fourth-order valence-electron chi connectivity index (χ4n) is 5.54. The van der Waals surface area contributed by atoms with E-state index >= 15 is 0 Å². The Morgan fingerprint density at radius 1 is 1.14 bits per heavy atom. The van der Waals surface area contributed by atoms with Crippen LogP contribution in [0.2, 0.25) is 0 Å². The summed E-state index contributed by atoms with van der Waals surface area (Å²) in [5.41, 5.74) is 4.07. The number of ether oxygens (including phenoxy) is 2. The SMILES string of the molecule is COC(=O)C1Cc2cccc(NC(=O)C(CCC(F)(F)F)c3ccc(CN4N=C(C5=CCCC=C5)OCC4=O)cc3)c2C1. The van der Waals surface area contributed by atoms with Gasteiger partial charge < -0.3 is 14.8 Å². The number of allylic oxidation sites excluding steroid dienone is 2. The number of alkyl halides is 3. The fourth-order valence-corrected chi connectivity index (χ4v) is 5.54. The zero-order valence-corrected chi connectivity index (χ0v) is 23.7. The minimum absolute atomic E-state index is 0.139. The van der Waals surface area contributed by atoms with Crippen LogP contribution in [-0.4, -0.2) is 48.6 Å². The lowest BCUT2D eigenvalue weighted by molar-refractivity contribution is -0.145. The van der Waals surface area contributed by atoms with Crippen molar-refractivity contribution in [2.45, 2.75) is 57.2 Å². The second kappa shape index (κ2) is 12.8. The molecule has 2 amide bonds. The maximum absolute atomic E-state index is 13.5. The molecule has 2 aromatic rings. The van der Waals surface area contributed by atoms with Crippen molar-refractivity contribution in [2.24, 2.45) is 11.0 Å². The van der Waals surface area contributed by atoms with E-state index in [2.05, 4.69) is 10.4 Å². The number of anilines is 1. The molecular formula is C32H32F3N3O5. The number of rotatable bonds is 9. The van der Waals surface area contributed by atoms with E-state index < -0.39 is 30.8 Å². The van der Waals surface area contributed by atoms with Crippen molar-refractivity contribution >= 4 is 29.4 Å². The quantitative estimate of drug-likeness (QED) is 0.382. The lowest BCUT2D eigenvalue weighted by atomic mass is 9.92. The number of carbonyl (C=O) groups is 3. The van der Waals surface area contributed by atoms with E-state index in [4.69, 9.17) is 9.47 Å². The molecule has 3 aliphatic rings. The largest absolute Gasteiger partial charge is 0.469 e. The van der Waals surface area contributed by atoms with E-state index in [0.717, 1.165) is 29.5 Å². The van der Waals surface area contributed by atoms with Crippen LogP contribution in [0.25, 0.3) is 0 Å². The second-order valence-electron chi connectivity index (χ2n) is 10.8. The van der Waals surface area contributed by atoms with Gasteiger partial charge in [-0.15, -0.1) is 5.10 Å². The highest BCUT2D eigenvalue weighted by atomic mass is 19.4. The smallest absolute Gasteiger partial charge is 0.389 e. The average molecular weight is 596 g/mol. The van der Waals surface area contributed by atoms with Crippen molar-refractivity contribution < 1.29 is 37.0 Å². The van der Waals surface area contributed by atoms with Crippen molar-refractivity contribution in [3.05, 3.63) is 88.5 Å². The van der Waals surface area contributed by atoms with Crippen LogP contribution < -0.4 is 5.32 Å². The number of nitrogens with zero attached hydrogens (tertiary/aromatic N) is 2. The predicted molar refractivity (Wildman–Crippen MR) is 153 cm³/mol. The summed E-state index contributed by atoms with van der Waals surface area (Å²) in [6.45, 7) is -0.00869. The second-order valence-corrected chi connectivity index (χ2v) is 10.8. The first-order chi connectivity index (χ1) is 20.6. The predicted octanol–water partition coefficient (Wildman–Crippen LogP) is 5.59. The average Bonchev–Trinajstić information content (AvgIpc) is 3.44. The molecule has 0 bridgehead atoms. The van der Waals surface area contributed by atoms with E-state index in [1.165, 1.54) is 12.1 Å². The maximum Gasteiger partial charge on any atom is 0.389 e. The summed E-state index contributed by atoms with van der Waals surface area (Å²) in [5.74, 6) is -2.33. The van der Waals surface area contributed by atoms with Crippen molar-refractivity contribution in [2.75, 3.05) is 19.0 Å². The van der Waals surface area contributed by atoms with E-state index in [9.17, 15) is 27.6 Å². The third-order valence-electron chi connectivity index (χ3n) is 7.80. The van der Waals surface area contributed by atoms with Crippen LogP contribution in [0.4, 0.5) is 18.9 Å². The van der Waals surface area contributed by atoms with Crippen molar-refractivity contribution in [3.8, 4) is 0 Å². The van der Waals surface area contributed by atoms with Crippen LogP contribution in [0.1, 0.15) is 53.9 Å². The van der Waals surface area contributed by atoms with Gasteiger partial charge in [0, 0.05) is 17.7 Å². The van der Waals surface area contributed by atoms with Gasteiger partial charge in [0.05, 0.1) is 25.5 Å². The summed E-state index contributed by atoms with van der Waals surface area (Å²) in [7, 11) is 1.32. The Bertz CT molecular complexity index is 1480. The van der Waals surface area contributed by atoms with Crippen molar-refractivity contribution in [1.82, 2.24) is 5.01 Å². The molecule has 0 radical (unpaired) electrons. The Balaban J connectivity index is 1.32. The number of amides is 2. The number of fused-ring (bicyclic) bond motifs is 1. The van der Waals surface area contributed by atoms with Crippen LogP contribution in [0, 0.1) is 5.92 Å². The number of esters is 1. The van der Waals surface area contributed by atoms with Gasteiger partial charge in [0.2, 0.25) is 11.8 Å². The van der Waals surface area contributed by atoms with Gasteiger partial charge in [-0.05, 0) is 60.4 Å². The Labute approximate surface area is 247 Å². The first-order valence-corrected chi connectivity index (χ1v) is 14.1. The molecule has 2 aliphatic carbocycles. The molecule has 2 atom stereocenters. The van der Waals surface area contributed by atoms with Crippen LogP contribution in [-0.2, 0) is 43.2 Å². The van der Waals surface area contributed by atoms with Crippen LogP contribution in [0.15, 0.2) is 71.4 Å². The van der Waals surface area contributed by atoms with Crippen LogP contribution in [0.3, 0.4) is 0 Å². The van der Waals surface area contributed by atoms with Gasteiger partial charge in [-0.3, -0.25) is 14.4 Å². The van der Waals surface area contributed by atoms with E-state index in [1.54, 1.807) is 36.4 Å². The van der Waals surface area contributed by atoms with E-state index in [-0.39, 0.29) is 30.9 Å². The summed E-state index contributed by atoms with van der Waals surface area (Å²) >= 11 is 0. The summed E-state index contributed by atoms with van der Waals surface area (Å²) in [5, 5.41) is 8.49. The monoisotopic (exact) mass is 595 g/mol. The zero-order valence-electron chi connectivity index (χ0n) is 23.7. The number of nitrogens with one attached hydrogen (secondary N) is 1. The standard InChI is InChI=1S/C32H32F3N3O5/c1-42-31(41)24-16-23-8-5-9-27(26(23)17-24)36-29(40)25(14-15-32(33,34)35)21-12-10-20(11-13-21)18-38-28(39)19-43-30(37-38)22-6-3-2-4-7-22/h3,5-13,24-25H,2,4,14-19H2,1H3,(H,36,40). The van der Waals surface area contributed by atoms with Gasteiger partial charge in [0.25, 0.3) is 5.91 Å². The molecule has 226 valence electrons. The molecule has 43 heavy (non-hydrogen) atoms. The van der Waals surface area contributed by atoms with Gasteiger partial charge in [0.1, 0.15) is 0 Å². The Morgan fingerprint density at radius 2 is 1.93 bits per heavy atom. The molecule has 0 aromatic heterocycles. The molecule has 0 fully saturated rings. The number of methoxy groups -OCH3 is 1. The Kier molecular flexibility index (Phi) is 8.98. The molecule has 8 nitrogen and oxygen atoms in total. The van der Waals surface area contributed by atoms with Gasteiger partial charge in [0.15, 0.2) is 6.61 Å². The van der Waals surface area contributed by atoms with Gasteiger partial charge in [-0.25, -0.2) is 5.01 Å². The number of benzene rings is 2. The van der Waals surface area contributed by atoms with E-state index in [0.29, 0.717) is 35.6 Å². The van der Waals surface area contributed by atoms with Crippen LogP contribution >= 0.6 is 0 Å². The molecule has 1 N–H and O–H groups in total. The summed E-state index contributed by atoms with van der Waals surface area (Å²) in [6.07, 6.45) is 2.53. The number of halogens is 3. The Hall–Kier alpha value is -4.41. The Morgan fingerprint density at radius 3 is 2.63 bits per heavy atom. The highest BCUT2D eigenvalue weighted by Crippen LogP contribution is 2.35. The number of hydrazone groups is 1. The molecule has 0 saturated heterocycles. The van der Waals surface area contributed by atoms with Gasteiger partial charge >= 0.3 is 12.1 Å². The molecule has 5 rings (SSSR count).